The van der Waals surface area contributed by atoms with E-state index in [9.17, 15) is 13.2 Å². The van der Waals surface area contributed by atoms with E-state index in [4.69, 9.17) is 11.6 Å². The number of hydrogen-bond donors (Lipinski definition) is 1. The average molecular weight is 327 g/mol. The summed E-state index contributed by atoms with van der Waals surface area (Å²) < 4.78 is 23.4. The summed E-state index contributed by atoms with van der Waals surface area (Å²) in [5.74, 6) is -0.321. The Kier molecular flexibility index (Phi) is 4.35. The Morgan fingerprint density at radius 2 is 2.12 bits per heavy atom. The highest BCUT2D eigenvalue weighted by molar-refractivity contribution is 9.10. The summed E-state index contributed by atoms with van der Waals surface area (Å²) in [5.41, 5.74) is 0.670. The first-order valence-corrected chi connectivity index (χ1v) is 7.44. The smallest absolute Gasteiger partial charge is 0.229 e. The molecule has 1 N–H and O–H groups in total. The second kappa shape index (κ2) is 5.16. The van der Waals surface area contributed by atoms with Gasteiger partial charge in [-0.25, -0.2) is 8.42 Å². The molecule has 0 bridgehead atoms. The molecule has 0 amide bonds. The van der Waals surface area contributed by atoms with Gasteiger partial charge in [0.1, 0.15) is 0 Å². The Hall–Kier alpha value is -0.590. The number of anilines is 1. The number of hydrogen-bond acceptors (Lipinski definition) is 3. The second-order valence-corrected chi connectivity index (χ2v) is 6.75. The Balaban J connectivity index is 3.00. The van der Waals surface area contributed by atoms with Crippen LogP contribution in [0.4, 0.5) is 5.69 Å². The molecule has 0 aliphatic rings. The van der Waals surface area contributed by atoms with Gasteiger partial charge in [-0.3, -0.25) is 9.52 Å². The third-order valence-electron chi connectivity index (χ3n) is 1.65. The number of halogens is 2. The summed E-state index contributed by atoms with van der Waals surface area (Å²) in [7, 11) is -3.35. The van der Waals surface area contributed by atoms with Crippen LogP contribution < -0.4 is 4.72 Å². The number of alkyl halides is 2. The minimum absolute atomic E-state index is 0.321. The van der Waals surface area contributed by atoms with Crippen molar-refractivity contribution < 1.29 is 13.2 Å². The van der Waals surface area contributed by atoms with E-state index in [0.29, 0.717) is 11.3 Å². The molecule has 0 aliphatic heterocycles. The molecule has 7 heteroatoms. The number of ketones is 1. The Morgan fingerprint density at radius 3 is 2.62 bits per heavy atom. The van der Waals surface area contributed by atoms with Crippen molar-refractivity contribution in [2.45, 2.75) is 4.29 Å². The van der Waals surface area contributed by atoms with Crippen LogP contribution in [-0.4, -0.2) is 24.7 Å². The van der Waals surface area contributed by atoms with Crippen LogP contribution in [0, 0.1) is 0 Å². The van der Waals surface area contributed by atoms with Gasteiger partial charge in [0.15, 0.2) is 10.1 Å². The zero-order valence-corrected chi connectivity index (χ0v) is 11.4. The van der Waals surface area contributed by atoms with Gasteiger partial charge >= 0.3 is 0 Å². The lowest BCUT2D eigenvalue weighted by Crippen LogP contribution is -2.11. The molecule has 4 nitrogen and oxygen atoms in total. The molecule has 88 valence electrons. The van der Waals surface area contributed by atoms with Gasteiger partial charge in [-0.05, 0) is 12.1 Å². The van der Waals surface area contributed by atoms with Crippen molar-refractivity contribution in [3.8, 4) is 0 Å². The maximum Gasteiger partial charge on any atom is 0.229 e. The molecule has 1 atom stereocenters. The quantitative estimate of drug-likeness (QED) is 0.681. The van der Waals surface area contributed by atoms with E-state index in [1.165, 1.54) is 6.07 Å². The summed E-state index contributed by atoms with van der Waals surface area (Å²) in [6.45, 7) is 0. The van der Waals surface area contributed by atoms with E-state index in [1.54, 1.807) is 18.2 Å². The number of Topliss-reactive ketones (excluding diaryl/α,β-unsaturated/α-hetero) is 1. The first-order chi connectivity index (χ1) is 7.29. The van der Waals surface area contributed by atoms with Crippen molar-refractivity contribution in [2.24, 2.45) is 0 Å². The van der Waals surface area contributed by atoms with Crippen LogP contribution in [0.25, 0.3) is 0 Å². The maximum atomic E-state index is 11.5. The molecule has 1 aromatic rings. The van der Waals surface area contributed by atoms with Crippen LogP contribution in [0.5, 0.6) is 0 Å². The SMILES string of the molecule is CS(=O)(=O)Nc1cccc(C(=O)C(Cl)Br)c1. The highest BCUT2D eigenvalue weighted by atomic mass is 79.9. The van der Waals surface area contributed by atoms with Gasteiger partial charge in [0.05, 0.1) is 6.26 Å². The van der Waals surface area contributed by atoms with E-state index in [1.807, 2.05) is 0 Å². The van der Waals surface area contributed by atoms with Gasteiger partial charge in [-0.1, -0.05) is 28.1 Å². The zero-order valence-electron chi connectivity index (χ0n) is 8.28. The van der Waals surface area contributed by atoms with E-state index >= 15 is 0 Å². The molecule has 0 heterocycles. The van der Waals surface area contributed by atoms with Crippen molar-refractivity contribution in [2.75, 3.05) is 11.0 Å². The average Bonchev–Trinajstić information content (AvgIpc) is 2.14. The number of benzene rings is 1. The van der Waals surface area contributed by atoms with E-state index < -0.39 is 14.3 Å². The largest absolute Gasteiger partial charge is 0.292 e. The maximum absolute atomic E-state index is 11.5. The number of rotatable bonds is 4. The van der Waals surface area contributed by atoms with E-state index in [-0.39, 0.29) is 5.78 Å². The van der Waals surface area contributed by atoms with Crippen LogP contribution in [0.2, 0.25) is 0 Å². The van der Waals surface area contributed by atoms with E-state index in [2.05, 4.69) is 20.7 Å². The summed E-state index contributed by atoms with van der Waals surface area (Å²) in [6.07, 6.45) is 1.04. The fourth-order valence-corrected chi connectivity index (χ4v) is 2.02. The van der Waals surface area contributed by atoms with Gasteiger partial charge < -0.3 is 0 Å². The van der Waals surface area contributed by atoms with Crippen molar-refractivity contribution in [1.29, 1.82) is 0 Å². The van der Waals surface area contributed by atoms with Crippen LogP contribution >= 0.6 is 27.5 Å². The lowest BCUT2D eigenvalue weighted by molar-refractivity contribution is 0.101. The Bertz CT molecular complexity index is 501. The first kappa shape index (κ1) is 13.5. The molecule has 0 aromatic heterocycles. The molecule has 0 aliphatic carbocycles. The van der Waals surface area contributed by atoms with Crippen LogP contribution in [0.1, 0.15) is 10.4 Å². The predicted molar refractivity (Wildman–Crippen MR) is 67.8 cm³/mol. The third-order valence-corrected chi connectivity index (χ3v) is 2.87. The third kappa shape index (κ3) is 4.11. The topological polar surface area (TPSA) is 63.2 Å². The number of sulfonamides is 1. The van der Waals surface area contributed by atoms with Crippen molar-refractivity contribution in [3.63, 3.8) is 0 Å². The van der Waals surface area contributed by atoms with Gasteiger partial charge in [0.25, 0.3) is 0 Å². The molecule has 0 radical (unpaired) electrons. The second-order valence-electron chi connectivity index (χ2n) is 3.12. The molecule has 0 saturated carbocycles. The summed E-state index contributed by atoms with van der Waals surface area (Å²) in [5, 5.41) is 0. The number of carbonyl (C=O) groups excluding carboxylic acids is 1. The highest BCUT2D eigenvalue weighted by Gasteiger charge is 2.14. The summed E-state index contributed by atoms with van der Waals surface area (Å²) in [4.78, 5) is 11.5. The van der Waals surface area contributed by atoms with Crippen molar-refractivity contribution in [3.05, 3.63) is 29.8 Å². The van der Waals surface area contributed by atoms with Gasteiger partial charge in [0, 0.05) is 11.3 Å². The minimum atomic E-state index is -3.35. The standard InChI is InChI=1S/C9H9BrClNO3S/c1-16(14,15)12-7-4-2-3-6(5-7)8(13)9(10)11/h2-5,9,12H,1H3. The molecule has 0 spiro atoms. The lowest BCUT2D eigenvalue weighted by Gasteiger charge is -2.06. The molecular weight excluding hydrogens is 318 g/mol. The predicted octanol–water partition coefficient (Wildman–Crippen LogP) is 2.20. The Labute approximate surface area is 107 Å². The zero-order chi connectivity index (χ0) is 12.3. The summed E-state index contributed by atoms with van der Waals surface area (Å²) >= 11 is 8.52. The highest BCUT2D eigenvalue weighted by Crippen LogP contribution is 2.17. The van der Waals surface area contributed by atoms with Crippen molar-refractivity contribution in [1.82, 2.24) is 0 Å². The monoisotopic (exact) mass is 325 g/mol. The molecule has 16 heavy (non-hydrogen) atoms. The minimum Gasteiger partial charge on any atom is -0.292 e. The van der Waals surface area contributed by atoms with Crippen molar-refractivity contribution >= 4 is 49.0 Å². The fourth-order valence-electron chi connectivity index (χ4n) is 1.08. The lowest BCUT2D eigenvalue weighted by atomic mass is 10.1. The van der Waals surface area contributed by atoms with Crippen LogP contribution in [0.15, 0.2) is 24.3 Å². The Morgan fingerprint density at radius 1 is 1.50 bits per heavy atom. The summed E-state index contributed by atoms with van der Waals surface area (Å²) in [6, 6.07) is 6.12. The van der Waals surface area contributed by atoms with Gasteiger partial charge in [0.2, 0.25) is 10.0 Å². The molecule has 1 aromatic carbocycles. The van der Waals surface area contributed by atoms with Crippen LogP contribution in [-0.2, 0) is 10.0 Å². The number of nitrogens with one attached hydrogen (secondary N) is 1. The molecule has 1 unspecified atom stereocenters. The molecule has 1 rings (SSSR count). The normalized spacial score (nSPS) is 13.2. The number of carbonyl (C=O) groups is 1. The molecule has 0 saturated heterocycles. The van der Waals surface area contributed by atoms with Gasteiger partial charge in [-0.15, -0.1) is 11.6 Å². The van der Waals surface area contributed by atoms with E-state index in [0.717, 1.165) is 6.26 Å². The first-order valence-electron chi connectivity index (χ1n) is 4.20. The molecule has 0 fully saturated rings. The fraction of sp³-hybridized carbons (Fsp3) is 0.222. The molecular formula is C9H9BrClNO3S. The van der Waals surface area contributed by atoms with Gasteiger partial charge in [-0.2, -0.15) is 0 Å². The van der Waals surface area contributed by atoms with Crippen LogP contribution in [0.3, 0.4) is 0 Å².